The fourth-order valence-corrected chi connectivity index (χ4v) is 4.10. The minimum atomic E-state index is -3.63. The first-order valence-corrected chi connectivity index (χ1v) is 9.03. The Bertz CT molecular complexity index is 712. The van der Waals surface area contributed by atoms with Gasteiger partial charge in [0.2, 0.25) is 0 Å². The van der Waals surface area contributed by atoms with Crippen molar-refractivity contribution in [1.82, 2.24) is 9.55 Å². The van der Waals surface area contributed by atoms with E-state index in [9.17, 15) is 8.42 Å². The molecule has 116 valence electrons. The van der Waals surface area contributed by atoms with Crippen molar-refractivity contribution in [2.45, 2.75) is 45.2 Å². The number of nitrogens with one attached hydrogen (secondary N) is 1. The first kappa shape index (κ1) is 16.0. The third-order valence-corrected chi connectivity index (χ3v) is 5.62. The molecule has 0 aliphatic rings. The average molecular weight is 328 g/mol. The monoisotopic (exact) mass is 328 g/mol. The maximum Gasteiger partial charge on any atom is 0.265 e. The van der Waals surface area contributed by atoms with Crippen molar-refractivity contribution >= 4 is 26.5 Å². The van der Waals surface area contributed by atoms with E-state index in [1.807, 2.05) is 25.3 Å². The number of nitrogens with two attached hydrogens (primary N) is 1. The summed E-state index contributed by atoms with van der Waals surface area (Å²) in [7, 11) is -3.63. The Labute approximate surface area is 129 Å². The molecule has 2 aromatic rings. The van der Waals surface area contributed by atoms with E-state index >= 15 is 0 Å². The lowest BCUT2D eigenvalue weighted by Gasteiger charge is -2.04. The highest BCUT2D eigenvalue weighted by Gasteiger charge is 2.20. The molecule has 2 heterocycles. The van der Waals surface area contributed by atoms with Crippen LogP contribution in [-0.4, -0.2) is 18.0 Å². The van der Waals surface area contributed by atoms with Gasteiger partial charge in [0, 0.05) is 29.9 Å². The predicted octanol–water partition coefficient (Wildman–Crippen LogP) is 2.23. The molecular formula is C13H20N4O2S2. The molecule has 2 aromatic heterocycles. The third-order valence-electron chi connectivity index (χ3n) is 3.20. The van der Waals surface area contributed by atoms with Crippen LogP contribution in [0.15, 0.2) is 17.2 Å². The molecule has 2 rings (SSSR count). The molecule has 8 heteroatoms. The lowest BCUT2D eigenvalue weighted by molar-refractivity contribution is 0.600. The summed E-state index contributed by atoms with van der Waals surface area (Å²) in [6.07, 6.45) is 2.54. The van der Waals surface area contributed by atoms with Crippen LogP contribution in [0.25, 0.3) is 0 Å². The van der Waals surface area contributed by atoms with Crippen molar-refractivity contribution in [3.05, 3.63) is 28.5 Å². The number of hydrogen-bond acceptors (Lipinski definition) is 5. The Morgan fingerprint density at radius 2 is 2.14 bits per heavy atom. The molecule has 0 amide bonds. The number of aryl methyl sites for hydroxylation is 3. The SMILES string of the molecule is CCCn1cc(S(=O)(=O)Nc2nc(C)c(C)s2)cc1CN. The van der Waals surface area contributed by atoms with Crippen LogP contribution in [0.1, 0.15) is 29.6 Å². The topological polar surface area (TPSA) is 90.0 Å². The van der Waals surface area contributed by atoms with Crippen LogP contribution in [0.4, 0.5) is 5.13 Å². The molecule has 0 saturated heterocycles. The lowest BCUT2D eigenvalue weighted by atomic mass is 10.4. The number of anilines is 1. The Hall–Kier alpha value is -1.38. The number of sulfonamides is 1. The molecule has 0 atom stereocenters. The van der Waals surface area contributed by atoms with Crippen molar-refractivity contribution in [1.29, 1.82) is 0 Å². The van der Waals surface area contributed by atoms with Crippen LogP contribution in [-0.2, 0) is 23.1 Å². The van der Waals surface area contributed by atoms with Crippen LogP contribution in [0, 0.1) is 13.8 Å². The standard InChI is InChI=1S/C13H20N4O2S2/c1-4-5-17-8-12(6-11(17)7-14)21(18,19)16-13-15-9(2)10(3)20-13/h6,8H,4-5,7,14H2,1-3H3,(H,15,16). The molecule has 0 unspecified atom stereocenters. The summed E-state index contributed by atoms with van der Waals surface area (Å²) in [5.74, 6) is 0. The quantitative estimate of drug-likeness (QED) is 0.851. The van der Waals surface area contributed by atoms with Gasteiger partial charge in [-0.15, -0.1) is 11.3 Å². The average Bonchev–Trinajstić information content (AvgIpc) is 2.94. The fraction of sp³-hybridized carbons (Fsp3) is 0.462. The van der Waals surface area contributed by atoms with E-state index < -0.39 is 10.0 Å². The van der Waals surface area contributed by atoms with Gasteiger partial charge < -0.3 is 10.3 Å². The van der Waals surface area contributed by atoms with Gasteiger partial charge in [-0.2, -0.15) is 0 Å². The van der Waals surface area contributed by atoms with E-state index in [4.69, 9.17) is 5.73 Å². The van der Waals surface area contributed by atoms with Gasteiger partial charge in [-0.25, -0.2) is 13.4 Å². The predicted molar refractivity (Wildman–Crippen MR) is 85.0 cm³/mol. The minimum Gasteiger partial charge on any atom is -0.349 e. The largest absolute Gasteiger partial charge is 0.349 e. The van der Waals surface area contributed by atoms with Gasteiger partial charge >= 0.3 is 0 Å². The maximum atomic E-state index is 12.4. The van der Waals surface area contributed by atoms with Gasteiger partial charge in [-0.05, 0) is 26.3 Å². The second-order valence-electron chi connectivity index (χ2n) is 4.83. The van der Waals surface area contributed by atoms with Gasteiger partial charge in [0.15, 0.2) is 5.13 Å². The molecule has 0 fully saturated rings. The molecule has 0 aliphatic carbocycles. The Morgan fingerprint density at radius 1 is 1.43 bits per heavy atom. The van der Waals surface area contributed by atoms with E-state index in [1.165, 1.54) is 11.3 Å². The summed E-state index contributed by atoms with van der Waals surface area (Å²) in [6, 6.07) is 1.62. The van der Waals surface area contributed by atoms with Crippen LogP contribution in [0.2, 0.25) is 0 Å². The molecule has 0 aliphatic heterocycles. The van der Waals surface area contributed by atoms with Crippen molar-refractivity contribution in [3.63, 3.8) is 0 Å². The zero-order chi connectivity index (χ0) is 15.6. The second-order valence-corrected chi connectivity index (χ2v) is 7.72. The lowest BCUT2D eigenvalue weighted by Crippen LogP contribution is -2.12. The van der Waals surface area contributed by atoms with Crippen LogP contribution < -0.4 is 10.5 Å². The molecular weight excluding hydrogens is 308 g/mol. The highest BCUT2D eigenvalue weighted by molar-refractivity contribution is 7.93. The van der Waals surface area contributed by atoms with Crippen molar-refractivity contribution in [2.24, 2.45) is 5.73 Å². The van der Waals surface area contributed by atoms with E-state index in [-0.39, 0.29) is 4.90 Å². The van der Waals surface area contributed by atoms with E-state index in [0.29, 0.717) is 11.7 Å². The van der Waals surface area contributed by atoms with Gasteiger partial charge in [-0.1, -0.05) is 6.92 Å². The molecule has 0 aromatic carbocycles. The van der Waals surface area contributed by atoms with Crippen molar-refractivity contribution in [2.75, 3.05) is 4.72 Å². The summed E-state index contributed by atoms with van der Waals surface area (Å²) >= 11 is 1.33. The molecule has 0 radical (unpaired) electrons. The Morgan fingerprint density at radius 3 is 2.67 bits per heavy atom. The number of hydrogen-bond donors (Lipinski definition) is 2. The number of aromatic nitrogens is 2. The fourth-order valence-electron chi connectivity index (χ4n) is 1.98. The Kier molecular flexibility index (Phi) is 4.70. The summed E-state index contributed by atoms with van der Waals surface area (Å²) < 4.78 is 29.2. The van der Waals surface area contributed by atoms with Gasteiger partial charge in [0.1, 0.15) is 4.90 Å². The summed E-state index contributed by atoms with van der Waals surface area (Å²) in [4.78, 5) is 5.43. The molecule has 6 nitrogen and oxygen atoms in total. The van der Waals surface area contributed by atoms with Crippen LogP contribution in [0.5, 0.6) is 0 Å². The highest BCUT2D eigenvalue weighted by Crippen LogP contribution is 2.25. The smallest absolute Gasteiger partial charge is 0.265 e. The van der Waals surface area contributed by atoms with Crippen LogP contribution in [0.3, 0.4) is 0 Å². The molecule has 3 N–H and O–H groups in total. The summed E-state index contributed by atoms with van der Waals surface area (Å²) in [5, 5.41) is 0.391. The van der Waals surface area contributed by atoms with Crippen LogP contribution >= 0.6 is 11.3 Å². The number of thiazole rings is 1. The van der Waals surface area contributed by atoms with E-state index in [0.717, 1.165) is 29.2 Å². The summed E-state index contributed by atoms with van der Waals surface area (Å²) in [5.41, 5.74) is 7.31. The second kappa shape index (κ2) is 6.17. The highest BCUT2D eigenvalue weighted by atomic mass is 32.2. The third kappa shape index (κ3) is 3.45. The zero-order valence-electron chi connectivity index (χ0n) is 12.4. The van der Waals surface area contributed by atoms with Gasteiger partial charge in [0.05, 0.1) is 5.69 Å². The molecule has 0 bridgehead atoms. The van der Waals surface area contributed by atoms with Crippen molar-refractivity contribution in [3.8, 4) is 0 Å². The van der Waals surface area contributed by atoms with Gasteiger partial charge in [-0.3, -0.25) is 4.72 Å². The zero-order valence-corrected chi connectivity index (χ0v) is 14.0. The molecule has 0 spiro atoms. The minimum absolute atomic E-state index is 0.224. The molecule has 21 heavy (non-hydrogen) atoms. The first-order chi connectivity index (χ1) is 9.87. The number of rotatable bonds is 6. The maximum absolute atomic E-state index is 12.4. The normalized spacial score (nSPS) is 11.8. The molecule has 0 saturated carbocycles. The number of nitrogens with zero attached hydrogens (tertiary/aromatic N) is 2. The van der Waals surface area contributed by atoms with Gasteiger partial charge in [0.25, 0.3) is 10.0 Å². The van der Waals surface area contributed by atoms with Crippen molar-refractivity contribution < 1.29 is 8.42 Å². The van der Waals surface area contributed by atoms with E-state index in [1.54, 1.807) is 12.3 Å². The van der Waals surface area contributed by atoms with E-state index in [2.05, 4.69) is 9.71 Å². The summed E-state index contributed by atoms with van der Waals surface area (Å²) in [6.45, 7) is 6.86. The first-order valence-electron chi connectivity index (χ1n) is 6.73. The Balaban J connectivity index is 2.30.